The average molecular weight is 312 g/mol. The fourth-order valence-electron chi connectivity index (χ4n) is 2.48. The van der Waals surface area contributed by atoms with Crippen molar-refractivity contribution < 1.29 is 4.74 Å². The zero-order valence-electron chi connectivity index (χ0n) is 11.0. The van der Waals surface area contributed by atoms with Crippen molar-refractivity contribution in [2.75, 3.05) is 6.61 Å². The van der Waals surface area contributed by atoms with Gasteiger partial charge in [-0.3, -0.25) is 0 Å². The second kappa shape index (κ2) is 6.58. The lowest BCUT2D eigenvalue weighted by Crippen LogP contribution is -2.15. The van der Waals surface area contributed by atoms with E-state index in [1.165, 1.54) is 32.1 Å². The molecule has 1 aliphatic rings. The minimum absolute atomic E-state index is 0.0636. The summed E-state index contributed by atoms with van der Waals surface area (Å²) in [6, 6.07) is 6.19. The minimum atomic E-state index is 0.0636. The number of ether oxygens (including phenoxy) is 1. The zero-order chi connectivity index (χ0) is 13.0. The quantitative estimate of drug-likeness (QED) is 0.893. The molecule has 0 radical (unpaired) electrons. The SMILES string of the molecule is C[C@H](N)c1ccc(OCC2CCCCC2)c(Br)c1. The highest BCUT2D eigenvalue weighted by molar-refractivity contribution is 9.10. The largest absolute Gasteiger partial charge is 0.492 e. The van der Waals surface area contributed by atoms with E-state index in [4.69, 9.17) is 10.5 Å². The van der Waals surface area contributed by atoms with E-state index in [-0.39, 0.29) is 6.04 Å². The van der Waals surface area contributed by atoms with Crippen LogP contribution in [0.4, 0.5) is 0 Å². The van der Waals surface area contributed by atoms with E-state index in [2.05, 4.69) is 22.0 Å². The summed E-state index contributed by atoms with van der Waals surface area (Å²) in [4.78, 5) is 0. The van der Waals surface area contributed by atoms with Gasteiger partial charge in [0.1, 0.15) is 5.75 Å². The molecular formula is C15H22BrNO. The molecule has 0 spiro atoms. The first-order valence-corrected chi connectivity index (χ1v) is 7.64. The van der Waals surface area contributed by atoms with Crippen LogP contribution in [0.3, 0.4) is 0 Å². The van der Waals surface area contributed by atoms with Crippen LogP contribution in [0.25, 0.3) is 0 Å². The molecule has 2 N–H and O–H groups in total. The van der Waals surface area contributed by atoms with Crippen LogP contribution in [0, 0.1) is 5.92 Å². The van der Waals surface area contributed by atoms with E-state index in [0.717, 1.165) is 28.3 Å². The molecule has 0 amide bonds. The van der Waals surface area contributed by atoms with Gasteiger partial charge in [-0.15, -0.1) is 0 Å². The topological polar surface area (TPSA) is 35.2 Å². The van der Waals surface area contributed by atoms with Crippen molar-refractivity contribution >= 4 is 15.9 Å². The normalized spacial score (nSPS) is 18.6. The summed E-state index contributed by atoms with van der Waals surface area (Å²) in [7, 11) is 0. The van der Waals surface area contributed by atoms with E-state index in [0.29, 0.717) is 0 Å². The van der Waals surface area contributed by atoms with Gasteiger partial charge in [-0.1, -0.05) is 25.3 Å². The van der Waals surface area contributed by atoms with Gasteiger partial charge in [0.15, 0.2) is 0 Å². The van der Waals surface area contributed by atoms with Gasteiger partial charge in [0, 0.05) is 6.04 Å². The maximum atomic E-state index is 5.92. The number of nitrogens with two attached hydrogens (primary N) is 1. The fourth-order valence-corrected chi connectivity index (χ4v) is 2.99. The Hall–Kier alpha value is -0.540. The van der Waals surface area contributed by atoms with Crippen LogP contribution >= 0.6 is 15.9 Å². The Labute approximate surface area is 118 Å². The fraction of sp³-hybridized carbons (Fsp3) is 0.600. The predicted octanol–water partition coefficient (Wildman–Crippen LogP) is 4.43. The molecule has 0 unspecified atom stereocenters. The third-order valence-corrected chi connectivity index (χ3v) is 4.30. The molecule has 1 aromatic rings. The molecular weight excluding hydrogens is 290 g/mol. The molecule has 1 atom stereocenters. The monoisotopic (exact) mass is 311 g/mol. The Kier molecular flexibility index (Phi) is 5.07. The minimum Gasteiger partial charge on any atom is -0.492 e. The third kappa shape index (κ3) is 3.72. The molecule has 1 aliphatic carbocycles. The summed E-state index contributed by atoms with van der Waals surface area (Å²) >= 11 is 3.56. The predicted molar refractivity (Wildman–Crippen MR) is 78.8 cm³/mol. The van der Waals surface area contributed by atoms with Crippen LogP contribution in [0.15, 0.2) is 22.7 Å². The van der Waals surface area contributed by atoms with Crippen LogP contribution < -0.4 is 10.5 Å². The van der Waals surface area contributed by atoms with Crippen molar-refractivity contribution in [3.8, 4) is 5.75 Å². The standard InChI is InChI=1S/C15H22BrNO/c1-11(17)13-7-8-15(14(16)9-13)18-10-12-5-3-2-4-6-12/h7-9,11-12H,2-6,10,17H2,1H3/t11-/m0/s1. The van der Waals surface area contributed by atoms with E-state index in [1.54, 1.807) is 0 Å². The van der Waals surface area contributed by atoms with Crippen molar-refractivity contribution in [3.63, 3.8) is 0 Å². The van der Waals surface area contributed by atoms with Gasteiger partial charge in [0.25, 0.3) is 0 Å². The van der Waals surface area contributed by atoms with Crippen molar-refractivity contribution in [2.24, 2.45) is 11.7 Å². The highest BCUT2D eigenvalue weighted by Gasteiger charge is 2.14. The summed E-state index contributed by atoms with van der Waals surface area (Å²) in [5.41, 5.74) is 6.99. The highest BCUT2D eigenvalue weighted by Crippen LogP contribution is 2.30. The summed E-state index contributed by atoms with van der Waals surface area (Å²) < 4.78 is 6.93. The van der Waals surface area contributed by atoms with Gasteiger partial charge in [0.05, 0.1) is 11.1 Å². The Morgan fingerprint density at radius 2 is 2.06 bits per heavy atom. The number of halogens is 1. The third-order valence-electron chi connectivity index (χ3n) is 3.68. The van der Waals surface area contributed by atoms with Crippen LogP contribution in [0.2, 0.25) is 0 Å². The van der Waals surface area contributed by atoms with Gasteiger partial charge < -0.3 is 10.5 Å². The molecule has 2 rings (SSSR count). The maximum absolute atomic E-state index is 5.92. The molecule has 1 saturated carbocycles. The number of benzene rings is 1. The summed E-state index contributed by atoms with van der Waals surface area (Å²) in [6.45, 7) is 2.83. The summed E-state index contributed by atoms with van der Waals surface area (Å²) in [5, 5.41) is 0. The molecule has 1 aromatic carbocycles. The van der Waals surface area contributed by atoms with Gasteiger partial charge in [0.2, 0.25) is 0 Å². The lowest BCUT2D eigenvalue weighted by molar-refractivity contribution is 0.208. The molecule has 0 heterocycles. The molecule has 2 nitrogen and oxygen atoms in total. The molecule has 0 aliphatic heterocycles. The van der Waals surface area contributed by atoms with Crippen molar-refractivity contribution in [2.45, 2.75) is 45.1 Å². The number of hydrogen-bond acceptors (Lipinski definition) is 2. The van der Waals surface area contributed by atoms with Crippen LogP contribution in [-0.2, 0) is 0 Å². The van der Waals surface area contributed by atoms with E-state index < -0.39 is 0 Å². The Morgan fingerprint density at radius 1 is 1.33 bits per heavy atom. The summed E-state index contributed by atoms with van der Waals surface area (Å²) in [6.07, 6.45) is 6.74. The highest BCUT2D eigenvalue weighted by atomic mass is 79.9. The van der Waals surface area contributed by atoms with Crippen LogP contribution in [-0.4, -0.2) is 6.61 Å². The summed E-state index contributed by atoms with van der Waals surface area (Å²) in [5.74, 6) is 1.67. The first-order valence-electron chi connectivity index (χ1n) is 6.84. The van der Waals surface area contributed by atoms with E-state index in [9.17, 15) is 0 Å². The van der Waals surface area contributed by atoms with Crippen molar-refractivity contribution in [3.05, 3.63) is 28.2 Å². The first-order chi connectivity index (χ1) is 8.66. The van der Waals surface area contributed by atoms with Gasteiger partial charge in [-0.2, -0.15) is 0 Å². The number of hydrogen-bond donors (Lipinski definition) is 1. The number of rotatable bonds is 4. The molecule has 0 saturated heterocycles. The van der Waals surface area contributed by atoms with Gasteiger partial charge in [-0.05, 0) is 59.3 Å². The van der Waals surface area contributed by atoms with Gasteiger partial charge in [-0.25, -0.2) is 0 Å². The molecule has 100 valence electrons. The van der Waals surface area contributed by atoms with Crippen LogP contribution in [0.5, 0.6) is 5.75 Å². The molecule has 18 heavy (non-hydrogen) atoms. The van der Waals surface area contributed by atoms with E-state index in [1.807, 2.05) is 19.1 Å². The molecule has 0 aromatic heterocycles. The Bertz CT molecular complexity index is 386. The molecule has 0 bridgehead atoms. The van der Waals surface area contributed by atoms with Gasteiger partial charge >= 0.3 is 0 Å². The second-order valence-corrected chi connectivity index (χ2v) is 6.15. The zero-order valence-corrected chi connectivity index (χ0v) is 12.6. The Morgan fingerprint density at radius 3 is 2.67 bits per heavy atom. The molecule has 1 fully saturated rings. The van der Waals surface area contributed by atoms with E-state index >= 15 is 0 Å². The lowest BCUT2D eigenvalue weighted by atomic mass is 9.90. The Balaban J connectivity index is 1.92. The lowest BCUT2D eigenvalue weighted by Gasteiger charge is -2.22. The maximum Gasteiger partial charge on any atom is 0.133 e. The van der Waals surface area contributed by atoms with Crippen molar-refractivity contribution in [1.82, 2.24) is 0 Å². The van der Waals surface area contributed by atoms with Crippen LogP contribution in [0.1, 0.15) is 50.6 Å². The smallest absolute Gasteiger partial charge is 0.133 e. The molecule has 3 heteroatoms. The second-order valence-electron chi connectivity index (χ2n) is 5.29. The average Bonchev–Trinajstić information content (AvgIpc) is 2.38. The van der Waals surface area contributed by atoms with Crippen molar-refractivity contribution in [1.29, 1.82) is 0 Å². The first kappa shape index (κ1) is 13.9.